The molecule has 0 unspecified atom stereocenters. The van der Waals surface area contributed by atoms with Crippen molar-refractivity contribution in [3.63, 3.8) is 0 Å². The Morgan fingerprint density at radius 1 is 0.711 bits per heavy atom. The number of aryl methyl sites for hydroxylation is 3. The van der Waals surface area contributed by atoms with Gasteiger partial charge in [0, 0.05) is 20.6 Å². The maximum atomic E-state index is 13.9. The van der Waals surface area contributed by atoms with E-state index in [1.54, 1.807) is 6.08 Å². The molecule has 2 heterocycles. The largest absolute Gasteiger partial charge is 0.318 e. The van der Waals surface area contributed by atoms with Crippen LogP contribution in [-0.4, -0.2) is 21.5 Å². The van der Waals surface area contributed by atoms with Crippen molar-refractivity contribution >= 4 is 69.2 Å². The summed E-state index contributed by atoms with van der Waals surface area (Å²) in [6.07, 6.45) is 1.70. The molecule has 1 aromatic heterocycles. The number of aromatic nitrogens is 1. The van der Waals surface area contributed by atoms with Crippen LogP contribution in [0.2, 0.25) is 0 Å². The van der Waals surface area contributed by atoms with Gasteiger partial charge in [-0.15, -0.1) is 0 Å². The molecule has 0 radical (unpaired) electrons. The van der Waals surface area contributed by atoms with Crippen LogP contribution >= 0.6 is 34.8 Å². The van der Waals surface area contributed by atoms with Crippen molar-refractivity contribution in [3.05, 3.63) is 116 Å². The van der Waals surface area contributed by atoms with Gasteiger partial charge < -0.3 is 4.57 Å². The van der Waals surface area contributed by atoms with E-state index in [1.165, 1.54) is 9.80 Å². The van der Waals surface area contributed by atoms with Gasteiger partial charge in [-0.1, -0.05) is 24.3 Å². The van der Waals surface area contributed by atoms with Crippen LogP contribution in [-0.2, 0) is 9.59 Å². The summed E-state index contributed by atoms with van der Waals surface area (Å²) in [5, 5.41) is 0.135. The first-order valence-electron chi connectivity index (χ1n) is 12.2. The monoisotopic (exact) mass is 631 g/mol. The average Bonchev–Trinajstić information content (AvgIpc) is 3.17. The van der Waals surface area contributed by atoms with E-state index in [9.17, 15) is 9.59 Å². The Labute approximate surface area is 241 Å². The van der Waals surface area contributed by atoms with Crippen LogP contribution in [0.4, 0.5) is 11.4 Å². The van der Waals surface area contributed by atoms with Crippen LogP contribution in [0.5, 0.6) is 0 Å². The van der Waals surface area contributed by atoms with Gasteiger partial charge in [0.15, 0.2) is 5.11 Å². The smallest absolute Gasteiger partial charge is 0.270 e. The fraction of sp³-hybridized carbons (Fsp3) is 0.129. The van der Waals surface area contributed by atoms with Crippen LogP contribution in [0, 0.1) is 31.3 Å². The molecule has 3 aromatic carbocycles. The summed E-state index contributed by atoms with van der Waals surface area (Å²) in [6.45, 7) is 8.02. The van der Waals surface area contributed by atoms with Gasteiger partial charge in [0.05, 0.1) is 11.4 Å². The first-order valence-corrected chi connectivity index (χ1v) is 13.7. The fourth-order valence-corrected chi connectivity index (χ4v) is 5.44. The number of para-hydroxylation sites is 1. The van der Waals surface area contributed by atoms with Crippen molar-refractivity contribution in [1.29, 1.82) is 0 Å². The number of benzene rings is 3. The van der Waals surface area contributed by atoms with E-state index in [1.807, 2.05) is 82.3 Å². The quantitative estimate of drug-likeness (QED) is 0.105. The van der Waals surface area contributed by atoms with Crippen molar-refractivity contribution in [2.45, 2.75) is 27.7 Å². The molecule has 38 heavy (non-hydrogen) atoms. The highest BCUT2D eigenvalue weighted by Gasteiger charge is 2.41. The Morgan fingerprint density at radius 2 is 1.32 bits per heavy atom. The van der Waals surface area contributed by atoms with E-state index in [0.717, 1.165) is 37.3 Å². The SMILES string of the molecule is Cc1ccc(N2C(=O)/C(=C\c3cc(C)n(-c4ccc(I)cc4)c3C)C(=O)N(c3ccccc3)C2=S)cc1C. The highest BCUT2D eigenvalue weighted by Crippen LogP contribution is 2.32. The summed E-state index contributed by atoms with van der Waals surface area (Å²) in [4.78, 5) is 30.7. The Hall–Kier alpha value is -3.56. The van der Waals surface area contributed by atoms with Crippen LogP contribution in [0.25, 0.3) is 11.8 Å². The normalized spacial score (nSPS) is 15.1. The zero-order valence-electron chi connectivity index (χ0n) is 21.5. The summed E-state index contributed by atoms with van der Waals surface area (Å²) < 4.78 is 3.28. The third kappa shape index (κ3) is 4.61. The Kier molecular flexibility index (Phi) is 7.07. The topological polar surface area (TPSA) is 45.6 Å². The predicted molar refractivity (Wildman–Crippen MR) is 166 cm³/mol. The minimum absolute atomic E-state index is 0.0588. The van der Waals surface area contributed by atoms with Crippen LogP contribution in [0.1, 0.15) is 28.1 Å². The maximum absolute atomic E-state index is 13.9. The van der Waals surface area contributed by atoms with Gasteiger partial charge in [-0.05, 0) is 140 Å². The average molecular weight is 632 g/mol. The Balaban J connectivity index is 1.66. The Morgan fingerprint density at radius 3 is 1.95 bits per heavy atom. The highest BCUT2D eigenvalue weighted by molar-refractivity contribution is 14.1. The molecule has 4 aromatic rings. The number of nitrogens with zero attached hydrogens (tertiary/aromatic N) is 3. The molecule has 5 rings (SSSR count). The second kappa shape index (κ2) is 10.3. The molecule has 190 valence electrons. The second-order valence-corrected chi connectivity index (χ2v) is 11.0. The summed E-state index contributed by atoms with van der Waals surface area (Å²) in [6, 6.07) is 25.2. The molecule has 1 saturated heterocycles. The number of halogens is 1. The van der Waals surface area contributed by atoms with Crippen molar-refractivity contribution in [1.82, 2.24) is 4.57 Å². The molecular weight excluding hydrogens is 605 g/mol. The fourth-order valence-electron chi connectivity index (χ4n) is 4.70. The number of rotatable bonds is 4. The van der Waals surface area contributed by atoms with Crippen LogP contribution in [0.15, 0.2) is 84.4 Å². The number of carbonyl (C=O) groups excluding carboxylic acids is 2. The van der Waals surface area contributed by atoms with Crippen molar-refractivity contribution < 1.29 is 9.59 Å². The third-order valence-electron chi connectivity index (χ3n) is 6.87. The number of anilines is 2. The molecule has 5 nitrogen and oxygen atoms in total. The lowest BCUT2D eigenvalue weighted by Crippen LogP contribution is -2.57. The molecule has 0 atom stereocenters. The summed E-state index contributed by atoms with van der Waals surface area (Å²) in [5.41, 5.74) is 7.22. The number of thiocarbonyl (C=S) groups is 1. The van der Waals surface area contributed by atoms with E-state index >= 15 is 0 Å². The standard InChI is InChI=1S/C31H26IN3O2S/c1-19-10-13-27(16-20(19)2)35-30(37)28(29(36)34(31(35)38)25-8-6-5-7-9-25)18-23-17-21(3)33(22(23)4)26-14-11-24(32)12-15-26/h5-18H,1-4H3/b28-18-. The van der Waals surface area contributed by atoms with Crippen molar-refractivity contribution in [3.8, 4) is 5.69 Å². The van der Waals surface area contributed by atoms with Crippen LogP contribution < -0.4 is 9.80 Å². The van der Waals surface area contributed by atoms with Gasteiger partial charge in [-0.25, -0.2) is 0 Å². The first-order chi connectivity index (χ1) is 18.2. The molecule has 2 amide bonds. The molecule has 1 fully saturated rings. The molecule has 0 bridgehead atoms. The van der Waals surface area contributed by atoms with E-state index in [-0.39, 0.29) is 10.7 Å². The molecule has 1 aliphatic heterocycles. The lowest BCUT2D eigenvalue weighted by atomic mass is 10.0. The molecular formula is C31H26IN3O2S. The number of amides is 2. The second-order valence-electron chi connectivity index (χ2n) is 9.36. The molecule has 0 N–H and O–H groups in total. The van der Waals surface area contributed by atoms with Crippen molar-refractivity contribution in [2.24, 2.45) is 0 Å². The first kappa shape index (κ1) is 26.1. The van der Waals surface area contributed by atoms with Gasteiger partial charge in [-0.2, -0.15) is 0 Å². The lowest BCUT2D eigenvalue weighted by Gasteiger charge is -2.36. The molecule has 0 aliphatic carbocycles. The van der Waals surface area contributed by atoms with Gasteiger partial charge >= 0.3 is 0 Å². The summed E-state index contributed by atoms with van der Waals surface area (Å²) >= 11 is 8.05. The minimum atomic E-state index is -0.439. The zero-order chi connectivity index (χ0) is 27.1. The van der Waals surface area contributed by atoms with E-state index < -0.39 is 11.8 Å². The number of carbonyl (C=O) groups is 2. The predicted octanol–water partition coefficient (Wildman–Crippen LogP) is 7.06. The lowest BCUT2D eigenvalue weighted by molar-refractivity contribution is -0.120. The van der Waals surface area contributed by atoms with E-state index in [4.69, 9.17) is 12.2 Å². The number of hydrogen-bond acceptors (Lipinski definition) is 3. The molecule has 1 aliphatic rings. The van der Waals surface area contributed by atoms with Crippen LogP contribution in [0.3, 0.4) is 0 Å². The van der Waals surface area contributed by atoms with E-state index in [2.05, 4.69) is 51.4 Å². The molecule has 7 heteroatoms. The van der Waals surface area contributed by atoms with Crippen molar-refractivity contribution in [2.75, 3.05) is 9.80 Å². The number of hydrogen-bond donors (Lipinski definition) is 0. The maximum Gasteiger partial charge on any atom is 0.270 e. The van der Waals surface area contributed by atoms with Gasteiger partial charge in [0.25, 0.3) is 11.8 Å². The Bertz CT molecular complexity index is 1620. The van der Waals surface area contributed by atoms with Gasteiger partial charge in [0.1, 0.15) is 5.57 Å². The minimum Gasteiger partial charge on any atom is -0.318 e. The van der Waals surface area contributed by atoms with E-state index in [0.29, 0.717) is 11.4 Å². The summed E-state index contributed by atoms with van der Waals surface area (Å²) in [7, 11) is 0. The highest BCUT2D eigenvalue weighted by atomic mass is 127. The van der Waals surface area contributed by atoms with Gasteiger partial charge in [0.2, 0.25) is 0 Å². The molecule has 0 spiro atoms. The molecule has 0 saturated carbocycles. The summed E-state index contributed by atoms with van der Waals surface area (Å²) in [5.74, 6) is -0.875. The zero-order valence-corrected chi connectivity index (χ0v) is 24.5. The third-order valence-corrected chi connectivity index (χ3v) is 7.95. The van der Waals surface area contributed by atoms with Gasteiger partial charge in [-0.3, -0.25) is 19.4 Å².